The van der Waals surface area contributed by atoms with E-state index in [-0.39, 0.29) is 5.91 Å². The summed E-state index contributed by atoms with van der Waals surface area (Å²) in [6.07, 6.45) is 1.51. The van der Waals surface area contributed by atoms with Crippen molar-refractivity contribution in [2.45, 2.75) is 0 Å². The Morgan fingerprint density at radius 2 is 1.65 bits per heavy atom. The molecule has 0 aliphatic rings. The number of amides is 1. The summed E-state index contributed by atoms with van der Waals surface area (Å²) in [6, 6.07) is 18.8. The summed E-state index contributed by atoms with van der Waals surface area (Å²) in [5, 5.41) is 0. The predicted octanol–water partition coefficient (Wildman–Crippen LogP) is 3.32. The zero-order valence-corrected chi connectivity index (χ0v) is 11.1. The first-order valence-electron chi connectivity index (χ1n) is 6.34. The first-order valence-corrected chi connectivity index (χ1v) is 6.34. The van der Waals surface area contributed by atoms with E-state index >= 15 is 0 Å². The molecule has 0 atom stereocenters. The predicted molar refractivity (Wildman–Crippen MR) is 81.0 cm³/mol. The third kappa shape index (κ3) is 3.60. The average molecular weight is 261 g/mol. The number of hydrogen-bond donors (Lipinski definition) is 0. The van der Waals surface area contributed by atoms with Gasteiger partial charge in [-0.25, -0.2) is 0 Å². The molecular weight excluding hydrogens is 246 g/mol. The van der Waals surface area contributed by atoms with Gasteiger partial charge >= 0.3 is 0 Å². The van der Waals surface area contributed by atoms with Crippen molar-refractivity contribution < 1.29 is 4.79 Å². The molecule has 0 aliphatic heterocycles. The van der Waals surface area contributed by atoms with Crippen LogP contribution in [-0.2, 0) is 0 Å². The van der Waals surface area contributed by atoms with Crippen molar-refractivity contribution in [2.75, 3.05) is 6.54 Å². The van der Waals surface area contributed by atoms with Crippen LogP contribution in [0.4, 0.5) is 0 Å². The molecule has 0 N–H and O–H groups in total. The van der Waals surface area contributed by atoms with E-state index in [9.17, 15) is 4.79 Å². The molecule has 0 fully saturated rings. The van der Waals surface area contributed by atoms with Gasteiger partial charge in [-0.2, -0.15) is 0 Å². The quantitative estimate of drug-likeness (QED) is 0.776. The van der Waals surface area contributed by atoms with E-state index in [0.717, 1.165) is 5.56 Å². The van der Waals surface area contributed by atoms with Gasteiger partial charge in [0.15, 0.2) is 0 Å². The summed E-state index contributed by atoms with van der Waals surface area (Å²) < 4.78 is 0. The Balaban J connectivity index is 2.05. The van der Waals surface area contributed by atoms with Crippen LogP contribution in [0.5, 0.6) is 0 Å². The number of hydrogen-bond acceptors (Lipinski definition) is 1. The van der Waals surface area contributed by atoms with E-state index in [1.165, 1.54) is 11.1 Å². The topological polar surface area (TPSA) is 20.3 Å². The van der Waals surface area contributed by atoms with Gasteiger partial charge in [-0.05, 0) is 24.3 Å². The molecule has 1 amide bonds. The number of rotatable bonds is 3. The normalized spacial score (nSPS) is 9.20. The zero-order valence-electron chi connectivity index (χ0n) is 11.1. The standard InChI is InChI=1S/C18H15NO/c1-2-19(18(20)17-13-7-4-8-14-17)15-9-12-16-10-5-3-6-11-16/h2-8,10-11,13-14H,1,15H2. The van der Waals surface area contributed by atoms with Crippen molar-refractivity contribution in [3.05, 3.63) is 84.6 Å². The van der Waals surface area contributed by atoms with Gasteiger partial charge in [0.05, 0.1) is 6.54 Å². The van der Waals surface area contributed by atoms with Crippen LogP contribution in [0.1, 0.15) is 15.9 Å². The fraction of sp³-hybridized carbons (Fsp3) is 0.0556. The number of nitrogens with zero attached hydrogens (tertiary/aromatic N) is 1. The van der Waals surface area contributed by atoms with Crippen molar-refractivity contribution in [3.63, 3.8) is 0 Å². The van der Waals surface area contributed by atoms with Gasteiger partial charge in [0.2, 0.25) is 0 Å². The second kappa shape index (κ2) is 6.96. The molecular formula is C18H15NO. The van der Waals surface area contributed by atoms with E-state index < -0.39 is 0 Å². The Morgan fingerprint density at radius 1 is 1.05 bits per heavy atom. The van der Waals surface area contributed by atoms with Crippen LogP contribution in [0.25, 0.3) is 0 Å². The summed E-state index contributed by atoms with van der Waals surface area (Å²) in [6.45, 7) is 4.00. The SMILES string of the molecule is C=CN(CC#Cc1ccccc1)C(=O)c1ccccc1. The molecule has 2 nitrogen and oxygen atoms in total. The Kier molecular flexibility index (Phi) is 4.75. The van der Waals surface area contributed by atoms with Gasteiger partial charge in [0.1, 0.15) is 0 Å². The maximum absolute atomic E-state index is 12.2. The number of benzene rings is 2. The van der Waals surface area contributed by atoms with Gasteiger partial charge in [0.25, 0.3) is 5.91 Å². The lowest BCUT2D eigenvalue weighted by atomic mass is 10.2. The third-order valence-corrected chi connectivity index (χ3v) is 2.76. The van der Waals surface area contributed by atoms with Crippen molar-refractivity contribution in [1.29, 1.82) is 0 Å². The minimum absolute atomic E-state index is 0.0945. The summed E-state index contributed by atoms with van der Waals surface area (Å²) in [5.41, 5.74) is 1.57. The maximum Gasteiger partial charge on any atom is 0.258 e. The summed E-state index contributed by atoms with van der Waals surface area (Å²) in [4.78, 5) is 13.7. The monoisotopic (exact) mass is 261 g/mol. The molecule has 0 radical (unpaired) electrons. The van der Waals surface area contributed by atoms with Crippen molar-refractivity contribution in [1.82, 2.24) is 4.90 Å². The first-order chi connectivity index (χ1) is 9.81. The van der Waals surface area contributed by atoms with Crippen LogP contribution in [0.3, 0.4) is 0 Å². The van der Waals surface area contributed by atoms with E-state index in [0.29, 0.717) is 12.1 Å². The highest BCUT2D eigenvalue weighted by atomic mass is 16.2. The average Bonchev–Trinajstić information content (AvgIpc) is 2.53. The van der Waals surface area contributed by atoms with Crippen molar-refractivity contribution in [2.24, 2.45) is 0 Å². The van der Waals surface area contributed by atoms with Crippen molar-refractivity contribution >= 4 is 5.91 Å². The number of carbonyl (C=O) groups excluding carboxylic acids is 1. The maximum atomic E-state index is 12.2. The van der Waals surface area contributed by atoms with Crippen LogP contribution in [0.15, 0.2) is 73.4 Å². The van der Waals surface area contributed by atoms with Crippen LogP contribution in [-0.4, -0.2) is 17.4 Å². The molecule has 0 unspecified atom stereocenters. The van der Waals surface area contributed by atoms with Crippen LogP contribution < -0.4 is 0 Å². The van der Waals surface area contributed by atoms with Crippen LogP contribution >= 0.6 is 0 Å². The van der Waals surface area contributed by atoms with E-state index in [2.05, 4.69) is 18.4 Å². The fourth-order valence-corrected chi connectivity index (χ4v) is 1.71. The Labute approximate surface area is 119 Å². The highest BCUT2D eigenvalue weighted by molar-refractivity contribution is 5.94. The molecule has 2 aromatic rings. The third-order valence-electron chi connectivity index (χ3n) is 2.76. The first kappa shape index (κ1) is 13.6. The van der Waals surface area contributed by atoms with Gasteiger partial charge in [-0.3, -0.25) is 4.79 Å². The van der Waals surface area contributed by atoms with Crippen LogP contribution in [0.2, 0.25) is 0 Å². The molecule has 0 heterocycles. The summed E-state index contributed by atoms with van der Waals surface area (Å²) in [5.74, 6) is 5.92. The van der Waals surface area contributed by atoms with E-state index in [1.54, 1.807) is 12.1 Å². The Bertz CT molecular complexity index is 635. The molecule has 20 heavy (non-hydrogen) atoms. The smallest absolute Gasteiger partial charge is 0.258 e. The van der Waals surface area contributed by atoms with Gasteiger partial charge in [0, 0.05) is 17.3 Å². The molecule has 0 saturated carbocycles. The molecule has 2 aromatic carbocycles. The number of carbonyl (C=O) groups is 1. The van der Waals surface area contributed by atoms with Gasteiger partial charge < -0.3 is 4.90 Å². The molecule has 2 rings (SSSR count). The van der Waals surface area contributed by atoms with Gasteiger partial charge in [-0.1, -0.05) is 54.8 Å². The fourth-order valence-electron chi connectivity index (χ4n) is 1.71. The molecule has 0 aliphatic carbocycles. The lowest BCUT2D eigenvalue weighted by molar-refractivity contribution is 0.0837. The molecule has 0 saturated heterocycles. The minimum atomic E-state index is -0.0945. The van der Waals surface area contributed by atoms with Crippen molar-refractivity contribution in [3.8, 4) is 11.8 Å². The second-order valence-corrected chi connectivity index (χ2v) is 4.15. The second-order valence-electron chi connectivity index (χ2n) is 4.15. The lowest BCUT2D eigenvalue weighted by Crippen LogP contribution is -2.25. The molecule has 2 heteroatoms. The highest BCUT2D eigenvalue weighted by Crippen LogP contribution is 2.04. The Morgan fingerprint density at radius 3 is 2.25 bits per heavy atom. The Hall–Kier alpha value is -2.79. The largest absolute Gasteiger partial charge is 0.304 e. The highest BCUT2D eigenvalue weighted by Gasteiger charge is 2.10. The molecule has 98 valence electrons. The van der Waals surface area contributed by atoms with E-state index in [4.69, 9.17) is 0 Å². The van der Waals surface area contributed by atoms with Gasteiger partial charge in [-0.15, -0.1) is 0 Å². The lowest BCUT2D eigenvalue weighted by Gasteiger charge is -2.14. The zero-order chi connectivity index (χ0) is 14.2. The summed E-state index contributed by atoms with van der Waals surface area (Å²) >= 11 is 0. The van der Waals surface area contributed by atoms with Crippen LogP contribution in [0, 0.1) is 11.8 Å². The summed E-state index contributed by atoms with van der Waals surface area (Å²) in [7, 11) is 0. The van der Waals surface area contributed by atoms with E-state index in [1.807, 2.05) is 48.5 Å². The minimum Gasteiger partial charge on any atom is -0.304 e. The molecule has 0 bridgehead atoms. The molecule has 0 aromatic heterocycles. The molecule has 0 spiro atoms.